The second-order valence-corrected chi connectivity index (χ2v) is 6.74. The second kappa shape index (κ2) is 7.86. The third kappa shape index (κ3) is 4.26. The van der Waals surface area contributed by atoms with Crippen molar-refractivity contribution in [1.82, 2.24) is 5.01 Å². The highest BCUT2D eigenvalue weighted by Crippen LogP contribution is 2.34. The van der Waals surface area contributed by atoms with Crippen LogP contribution in [0.2, 0.25) is 0 Å². The molecule has 2 heterocycles. The summed E-state index contributed by atoms with van der Waals surface area (Å²) >= 11 is 0. The maximum absolute atomic E-state index is 13.3. The first-order valence-corrected chi connectivity index (χ1v) is 8.60. The highest BCUT2D eigenvalue weighted by atomic mass is 19.3. The average Bonchev–Trinajstić information content (AvgIpc) is 3.24. The number of halogens is 4. The second-order valence-electron chi connectivity index (χ2n) is 6.74. The van der Waals surface area contributed by atoms with Gasteiger partial charge in [0.25, 0.3) is 12.9 Å². The van der Waals surface area contributed by atoms with E-state index in [1.807, 2.05) is 19.9 Å². The fourth-order valence-electron chi connectivity index (χ4n) is 2.95. The summed E-state index contributed by atoms with van der Waals surface area (Å²) in [5.74, 6) is -0.932. The van der Waals surface area contributed by atoms with Crippen molar-refractivity contribution in [2.24, 2.45) is 5.10 Å². The maximum Gasteiger partial charge on any atom is 0.312 e. The Labute approximate surface area is 163 Å². The topological polar surface area (TPSA) is 75.3 Å². The van der Waals surface area contributed by atoms with Gasteiger partial charge in [-0.15, -0.1) is 0 Å². The van der Waals surface area contributed by atoms with Gasteiger partial charge in [-0.3, -0.25) is 4.79 Å². The van der Waals surface area contributed by atoms with Crippen molar-refractivity contribution in [2.75, 3.05) is 0 Å². The van der Waals surface area contributed by atoms with E-state index >= 15 is 0 Å². The minimum Gasteiger partial charge on any atom is -0.486 e. The Kier molecular flexibility index (Phi) is 5.65. The number of nitrogens with zero attached hydrogens (tertiary/aromatic N) is 2. The normalized spacial score (nSPS) is 19.2. The number of carbonyl (C=O) groups excluding carboxylic acids is 1. The average molecular weight is 414 g/mol. The molecule has 0 radical (unpaired) electrons. The third-order valence-electron chi connectivity index (χ3n) is 4.28. The molecule has 1 N–H and O–H groups in total. The molecular weight excluding hydrogens is 396 g/mol. The van der Waals surface area contributed by atoms with Gasteiger partial charge in [0.1, 0.15) is 23.8 Å². The van der Waals surface area contributed by atoms with Crippen LogP contribution in [0.15, 0.2) is 39.9 Å². The van der Waals surface area contributed by atoms with E-state index in [1.54, 1.807) is 12.1 Å². The van der Waals surface area contributed by atoms with Crippen LogP contribution < -0.4 is 4.74 Å². The summed E-state index contributed by atoms with van der Waals surface area (Å²) in [5, 5.41) is 13.2. The molecule has 1 aromatic carbocycles. The molecule has 1 aromatic heterocycles. The lowest BCUT2D eigenvalue weighted by molar-refractivity contribution is -0.164. The van der Waals surface area contributed by atoms with E-state index < -0.39 is 42.4 Å². The van der Waals surface area contributed by atoms with Crippen LogP contribution in [0.1, 0.15) is 33.9 Å². The smallest absolute Gasteiger partial charge is 0.312 e. The summed E-state index contributed by atoms with van der Waals surface area (Å²) in [4.78, 5) is 12.5. The third-order valence-corrected chi connectivity index (χ3v) is 4.28. The molecule has 0 aliphatic carbocycles. The number of hydrazone groups is 1. The predicted molar refractivity (Wildman–Crippen MR) is 94.1 cm³/mol. The van der Waals surface area contributed by atoms with Crippen LogP contribution in [-0.4, -0.2) is 40.3 Å². The number of ether oxygens (including phenoxy) is 1. The molecule has 0 fully saturated rings. The van der Waals surface area contributed by atoms with E-state index in [2.05, 4.69) is 5.10 Å². The van der Waals surface area contributed by atoms with E-state index in [0.717, 1.165) is 11.1 Å². The van der Waals surface area contributed by atoms with Crippen molar-refractivity contribution >= 4 is 11.6 Å². The molecule has 1 amide bonds. The lowest BCUT2D eigenvalue weighted by Gasteiger charge is -2.29. The molecule has 29 heavy (non-hydrogen) atoms. The predicted octanol–water partition coefficient (Wildman–Crippen LogP) is 3.90. The van der Waals surface area contributed by atoms with E-state index in [0.29, 0.717) is 5.75 Å². The highest BCUT2D eigenvalue weighted by molar-refractivity contribution is 5.97. The molecular formula is C19H18F4N2O4. The Morgan fingerprint density at radius 1 is 1.24 bits per heavy atom. The summed E-state index contributed by atoms with van der Waals surface area (Å²) in [6.07, 6.45) is -7.84. The lowest BCUT2D eigenvalue weighted by atomic mass is 10.1. The van der Waals surface area contributed by atoms with E-state index in [1.165, 1.54) is 12.1 Å². The number of hydrogen-bond acceptors (Lipinski definition) is 5. The molecule has 0 bridgehead atoms. The molecule has 6 nitrogen and oxygen atoms in total. The van der Waals surface area contributed by atoms with Gasteiger partial charge in [0.2, 0.25) is 5.72 Å². The van der Waals surface area contributed by atoms with Crippen LogP contribution in [0.3, 0.4) is 0 Å². The number of aliphatic hydroxyl groups is 1. The Bertz CT molecular complexity index is 924. The molecule has 2 aromatic rings. The minimum atomic E-state index is -3.51. The number of amides is 1. The van der Waals surface area contributed by atoms with E-state index in [9.17, 15) is 27.5 Å². The fraction of sp³-hybridized carbons (Fsp3) is 0.368. The number of rotatable bonds is 6. The van der Waals surface area contributed by atoms with Crippen LogP contribution in [0.25, 0.3) is 0 Å². The molecule has 0 saturated heterocycles. The van der Waals surface area contributed by atoms with Gasteiger partial charge in [0, 0.05) is 6.42 Å². The van der Waals surface area contributed by atoms with Crippen LogP contribution >= 0.6 is 0 Å². The molecule has 0 spiro atoms. The molecule has 1 aliphatic rings. The van der Waals surface area contributed by atoms with Gasteiger partial charge in [-0.05, 0) is 49.2 Å². The molecule has 0 unspecified atom stereocenters. The van der Waals surface area contributed by atoms with Crippen LogP contribution in [0, 0.1) is 13.8 Å². The monoisotopic (exact) mass is 414 g/mol. The van der Waals surface area contributed by atoms with Crippen LogP contribution in [0.5, 0.6) is 5.75 Å². The summed E-state index contributed by atoms with van der Waals surface area (Å²) in [5.41, 5.74) is -2.19. The number of alkyl halides is 4. The fourth-order valence-corrected chi connectivity index (χ4v) is 2.95. The Morgan fingerprint density at radius 3 is 2.48 bits per heavy atom. The van der Waals surface area contributed by atoms with Crippen molar-refractivity contribution < 1.29 is 36.6 Å². The molecule has 10 heteroatoms. The van der Waals surface area contributed by atoms with Gasteiger partial charge in [0.05, 0.1) is 0 Å². The number of furan rings is 1. The van der Waals surface area contributed by atoms with E-state index in [-0.39, 0.29) is 17.4 Å². The van der Waals surface area contributed by atoms with Crippen molar-refractivity contribution in [2.45, 2.75) is 45.5 Å². The zero-order valence-corrected chi connectivity index (χ0v) is 15.5. The molecule has 3 rings (SSSR count). The van der Waals surface area contributed by atoms with Crippen LogP contribution in [0.4, 0.5) is 17.6 Å². The molecule has 1 aliphatic heterocycles. The van der Waals surface area contributed by atoms with Gasteiger partial charge < -0.3 is 14.3 Å². The Balaban J connectivity index is 1.75. The van der Waals surface area contributed by atoms with Gasteiger partial charge >= 0.3 is 5.91 Å². The van der Waals surface area contributed by atoms with Crippen molar-refractivity contribution in [3.63, 3.8) is 0 Å². The standard InChI is InChI=1S/C19H18F4N2O4/c1-10-5-11(2)7-13(6-10)28-9-12-3-4-15(29-12)17(26)25-19(27,18(22)23)8-14(24-25)16(20)21/h3-7,16,18,27H,8-9H2,1-2H3/t19-/m1/s1. The first-order valence-electron chi connectivity index (χ1n) is 8.60. The number of aryl methyl sites for hydroxylation is 2. The van der Waals surface area contributed by atoms with Gasteiger partial charge in [-0.25, -0.2) is 17.6 Å². The van der Waals surface area contributed by atoms with Crippen molar-refractivity contribution in [1.29, 1.82) is 0 Å². The number of carbonyl (C=O) groups is 1. The Hall–Kier alpha value is -2.88. The number of benzene rings is 1. The van der Waals surface area contributed by atoms with Crippen LogP contribution in [-0.2, 0) is 6.61 Å². The molecule has 0 saturated carbocycles. The largest absolute Gasteiger partial charge is 0.486 e. The van der Waals surface area contributed by atoms with Gasteiger partial charge in [-0.2, -0.15) is 10.1 Å². The quantitative estimate of drug-likeness (QED) is 0.728. The zero-order chi connectivity index (χ0) is 21.3. The van der Waals surface area contributed by atoms with Crippen molar-refractivity contribution in [3.8, 4) is 5.75 Å². The molecule has 156 valence electrons. The SMILES string of the molecule is Cc1cc(C)cc(OCc2ccc(C(=O)N3N=C(C(F)F)C[C@@]3(O)C(F)F)o2)c1. The first kappa shape index (κ1) is 20.8. The number of hydrogen-bond donors (Lipinski definition) is 1. The zero-order valence-electron chi connectivity index (χ0n) is 15.5. The summed E-state index contributed by atoms with van der Waals surface area (Å²) in [7, 11) is 0. The summed E-state index contributed by atoms with van der Waals surface area (Å²) in [6.45, 7) is 3.75. The van der Waals surface area contributed by atoms with Crippen molar-refractivity contribution in [3.05, 3.63) is 53.0 Å². The maximum atomic E-state index is 13.3. The van der Waals surface area contributed by atoms with Gasteiger partial charge in [-0.1, -0.05) is 6.07 Å². The highest BCUT2D eigenvalue weighted by Gasteiger charge is 2.53. The summed E-state index contributed by atoms with van der Waals surface area (Å²) in [6, 6.07) is 8.12. The van der Waals surface area contributed by atoms with Gasteiger partial charge in [0.15, 0.2) is 5.76 Å². The molecule has 1 atom stereocenters. The summed E-state index contributed by atoms with van der Waals surface area (Å²) < 4.78 is 63.1. The Morgan fingerprint density at radius 2 is 1.90 bits per heavy atom. The van der Waals surface area contributed by atoms with E-state index in [4.69, 9.17) is 9.15 Å². The lowest BCUT2D eigenvalue weighted by Crippen LogP contribution is -2.51. The first-order chi connectivity index (χ1) is 13.6. The minimum absolute atomic E-state index is 0.0491.